The number of aryl methyl sites for hydroxylation is 1. The first kappa shape index (κ1) is 16.7. The van der Waals surface area contributed by atoms with Crippen molar-refractivity contribution >= 4 is 17.4 Å². The van der Waals surface area contributed by atoms with E-state index in [4.69, 9.17) is 0 Å². The molecule has 0 bridgehead atoms. The van der Waals surface area contributed by atoms with Crippen LogP contribution in [-0.2, 0) is 4.79 Å². The van der Waals surface area contributed by atoms with E-state index < -0.39 is 0 Å². The average Bonchev–Trinajstić information content (AvgIpc) is 3.51. The minimum atomic E-state index is -0.102. The number of hydrogen-bond acceptors (Lipinski definition) is 4. The van der Waals surface area contributed by atoms with E-state index in [1.165, 1.54) is 25.7 Å². The van der Waals surface area contributed by atoms with Crippen molar-refractivity contribution in [2.45, 2.75) is 52.4 Å². The molecule has 3 aliphatic rings. The highest BCUT2D eigenvalue weighted by Gasteiger charge is 2.29. The van der Waals surface area contributed by atoms with Crippen LogP contribution in [0.5, 0.6) is 0 Å². The lowest BCUT2D eigenvalue weighted by Crippen LogP contribution is -2.29. The number of amidine groups is 1. The smallest absolute Gasteiger partial charge is 0.255 e. The second-order valence-corrected chi connectivity index (χ2v) is 6.39. The summed E-state index contributed by atoms with van der Waals surface area (Å²) in [6, 6.07) is 3.99. The number of nitrogens with zero attached hydrogens (tertiary/aromatic N) is 2. The fourth-order valence-electron chi connectivity index (χ4n) is 2.69. The first-order valence-electron chi connectivity index (χ1n) is 8.99. The van der Waals surface area contributed by atoms with Crippen LogP contribution in [0.15, 0.2) is 28.9 Å². The van der Waals surface area contributed by atoms with Crippen molar-refractivity contribution in [3.63, 3.8) is 0 Å². The van der Waals surface area contributed by atoms with Gasteiger partial charge in [-0.1, -0.05) is 13.8 Å². The number of pyridine rings is 1. The van der Waals surface area contributed by atoms with Gasteiger partial charge in [0.2, 0.25) is 0 Å². The summed E-state index contributed by atoms with van der Waals surface area (Å²) in [4.78, 5) is 21.4. The summed E-state index contributed by atoms with van der Waals surface area (Å²) in [5.74, 6) is 2.14. The van der Waals surface area contributed by atoms with Gasteiger partial charge in [-0.3, -0.25) is 14.8 Å². The minimum Gasteiger partial charge on any atom is -0.350 e. The number of carbonyl (C=O) groups is 1. The molecule has 2 heterocycles. The van der Waals surface area contributed by atoms with E-state index in [0.717, 1.165) is 22.9 Å². The molecule has 0 aromatic carbocycles. The standard InChI is InChI=1S/C17H20N4O.C2H6/c1-10-14(6-7-15(20-10)11-2-3-11)21-17(22)13-8-18-16(19-9-13)12-4-5-12;1-2/h6-8,11-12H,2-5,9H2,1H3,(H,18,19)(H,21,22);1-2H3. The van der Waals surface area contributed by atoms with Crippen molar-refractivity contribution in [2.75, 3.05) is 11.9 Å². The van der Waals surface area contributed by atoms with E-state index in [0.29, 0.717) is 24.0 Å². The zero-order valence-electron chi connectivity index (χ0n) is 14.7. The minimum absolute atomic E-state index is 0.102. The number of hydrogen-bond donors (Lipinski definition) is 2. The number of rotatable bonds is 4. The van der Waals surface area contributed by atoms with Crippen molar-refractivity contribution < 1.29 is 4.79 Å². The number of amides is 1. The monoisotopic (exact) mass is 326 g/mol. The maximum Gasteiger partial charge on any atom is 0.255 e. The van der Waals surface area contributed by atoms with Gasteiger partial charge in [0.25, 0.3) is 5.91 Å². The number of nitrogens with one attached hydrogen (secondary N) is 2. The number of carbonyl (C=O) groups excluding carboxylic acids is 1. The molecular formula is C19H26N4O. The van der Waals surface area contributed by atoms with Crippen LogP contribution in [0.3, 0.4) is 0 Å². The van der Waals surface area contributed by atoms with Gasteiger partial charge >= 0.3 is 0 Å². The summed E-state index contributed by atoms with van der Waals surface area (Å²) in [7, 11) is 0. The summed E-state index contributed by atoms with van der Waals surface area (Å²) in [6.07, 6.45) is 6.67. The van der Waals surface area contributed by atoms with E-state index >= 15 is 0 Å². The molecule has 128 valence electrons. The molecule has 2 fully saturated rings. The third kappa shape index (κ3) is 3.83. The predicted octanol–water partition coefficient (Wildman–Crippen LogP) is 3.53. The molecule has 2 saturated carbocycles. The van der Waals surface area contributed by atoms with E-state index in [1.807, 2.05) is 32.9 Å². The first-order valence-corrected chi connectivity index (χ1v) is 8.99. The van der Waals surface area contributed by atoms with Gasteiger partial charge in [0.05, 0.1) is 23.5 Å². The van der Waals surface area contributed by atoms with Crippen LogP contribution in [0.2, 0.25) is 0 Å². The fraction of sp³-hybridized carbons (Fsp3) is 0.526. The number of aliphatic imine (C=N–C) groups is 1. The third-order valence-corrected chi connectivity index (χ3v) is 4.42. The van der Waals surface area contributed by atoms with Gasteiger partial charge in [-0.15, -0.1) is 0 Å². The largest absolute Gasteiger partial charge is 0.350 e. The molecule has 0 saturated heterocycles. The zero-order valence-corrected chi connectivity index (χ0v) is 14.7. The van der Waals surface area contributed by atoms with Crippen molar-refractivity contribution in [1.82, 2.24) is 10.3 Å². The van der Waals surface area contributed by atoms with E-state index in [1.54, 1.807) is 6.20 Å². The molecule has 5 heteroatoms. The second-order valence-electron chi connectivity index (χ2n) is 6.39. The lowest BCUT2D eigenvalue weighted by Gasteiger charge is -2.15. The summed E-state index contributed by atoms with van der Waals surface area (Å²) < 4.78 is 0. The SMILES string of the molecule is CC.Cc1nc(C2CC2)ccc1NC(=O)C1=CNC(C2CC2)=NC1. The van der Waals surface area contributed by atoms with Gasteiger partial charge in [0, 0.05) is 23.7 Å². The van der Waals surface area contributed by atoms with Crippen molar-refractivity contribution in [1.29, 1.82) is 0 Å². The van der Waals surface area contributed by atoms with Crippen LogP contribution in [0.1, 0.15) is 56.8 Å². The summed E-state index contributed by atoms with van der Waals surface area (Å²) in [6.45, 7) is 6.40. The van der Waals surface area contributed by atoms with E-state index in [2.05, 4.69) is 20.6 Å². The van der Waals surface area contributed by atoms with E-state index in [9.17, 15) is 4.79 Å². The molecule has 4 rings (SSSR count). The summed E-state index contributed by atoms with van der Waals surface area (Å²) in [5.41, 5.74) is 3.47. The summed E-state index contributed by atoms with van der Waals surface area (Å²) >= 11 is 0. The van der Waals surface area contributed by atoms with Gasteiger partial charge in [-0.05, 0) is 44.7 Å². The summed E-state index contributed by atoms with van der Waals surface area (Å²) in [5, 5.41) is 6.10. The van der Waals surface area contributed by atoms with Gasteiger partial charge in [0.1, 0.15) is 5.84 Å². The van der Waals surface area contributed by atoms with Crippen molar-refractivity contribution in [3.05, 3.63) is 35.3 Å². The number of anilines is 1. The Morgan fingerprint density at radius 2 is 1.88 bits per heavy atom. The predicted molar refractivity (Wildman–Crippen MR) is 97.2 cm³/mol. The van der Waals surface area contributed by atoms with Gasteiger partial charge in [-0.25, -0.2) is 0 Å². The van der Waals surface area contributed by atoms with Crippen LogP contribution in [0.4, 0.5) is 5.69 Å². The zero-order chi connectivity index (χ0) is 17.1. The highest BCUT2D eigenvalue weighted by atomic mass is 16.1. The van der Waals surface area contributed by atoms with Crippen LogP contribution in [-0.4, -0.2) is 23.3 Å². The molecule has 1 aliphatic heterocycles. The lowest BCUT2D eigenvalue weighted by atomic mass is 10.2. The molecule has 1 amide bonds. The quantitative estimate of drug-likeness (QED) is 0.889. The van der Waals surface area contributed by atoms with E-state index in [-0.39, 0.29) is 5.91 Å². The Morgan fingerprint density at radius 3 is 2.42 bits per heavy atom. The van der Waals surface area contributed by atoms with Crippen LogP contribution in [0, 0.1) is 12.8 Å². The molecule has 1 aromatic rings. The highest BCUT2D eigenvalue weighted by molar-refractivity contribution is 6.05. The Morgan fingerprint density at radius 1 is 1.17 bits per heavy atom. The molecule has 2 aliphatic carbocycles. The van der Waals surface area contributed by atoms with Crippen molar-refractivity contribution in [3.8, 4) is 0 Å². The van der Waals surface area contributed by atoms with Crippen LogP contribution in [0.25, 0.3) is 0 Å². The maximum absolute atomic E-state index is 12.3. The second kappa shape index (κ2) is 7.16. The topological polar surface area (TPSA) is 66.4 Å². The molecule has 0 unspecified atom stereocenters. The average molecular weight is 326 g/mol. The van der Waals surface area contributed by atoms with Gasteiger partial charge in [-0.2, -0.15) is 0 Å². The van der Waals surface area contributed by atoms with Crippen LogP contribution >= 0.6 is 0 Å². The normalized spacial score (nSPS) is 19.3. The maximum atomic E-state index is 12.3. The lowest BCUT2D eigenvalue weighted by molar-refractivity contribution is -0.112. The Kier molecular flexibility index (Phi) is 4.97. The molecule has 0 spiro atoms. The van der Waals surface area contributed by atoms with Gasteiger partial charge in [0.15, 0.2) is 0 Å². The molecule has 24 heavy (non-hydrogen) atoms. The Labute approximate surface area is 143 Å². The molecule has 0 atom stereocenters. The Balaban J connectivity index is 0.000000815. The van der Waals surface area contributed by atoms with Crippen LogP contribution < -0.4 is 10.6 Å². The number of aromatic nitrogens is 1. The van der Waals surface area contributed by atoms with Crippen molar-refractivity contribution in [2.24, 2.45) is 10.9 Å². The molecular weight excluding hydrogens is 300 g/mol. The fourth-order valence-corrected chi connectivity index (χ4v) is 2.69. The third-order valence-electron chi connectivity index (χ3n) is 4.42. The first-order chi connectivity index (χ1) is 11.7. The highest BCUT2D eigenvalue weighted by Crippen LogP contribution is 2.39. The molecule has 1 aromatic heterocycles. The van der Waals surface area contributed by atoms with Gasteiger partial charge < -0.3 is 10.6 Å². The molecule has 2 N–H and O–H groups in total. The Bertz CT molecular complexity index is 685. The molecule has 5 nitrogen and oxygen atoms in total. The molecule has 0 radical (unpaired) electrons. The Hall–Kier alpha value is -2.17.